The minimum atomic E-state index is -0.397. The monoisotopic (exact) mass is 338 g/mol. The summed E-state index contributed by atoms with van der Waals surface area (Å²) in [4.78, 5) is 1.20. The van der Waals surface area contributed by atoms with E-state index in [9.17, 15) is 5.11 Å². The molecule has 3 rings (SSSR count). The summed E-state index contributed by atoms with van der Waals surface area (Å²) in [6.07, 6.45) is 15.6. The van der Waals surface area contributed by atoms with Crippen molar-refractivity contribution in [3.05, 3.63) is 92.9 Å². The van der Waals surface area contributed by atoms with Crippen molar-refractivity contribution in [2.45, 2.75) is 17.9 Å². The first-order valence-electron chi connectivity index (χ1n) is 6.60. The molecule has 0 aromatic heterocycles. The molecule has 0 spiro atoms. The maximum Gasteiger partial charge on any atom is 2.00 e. The van der Waals surface area contributed by atoms with Gasteiger partial charge in [-0.25, -0.2) is 0 Å². The average Bonchev–Trinajstić information content (AvgIpc) is 3.14. The van der Waals surface area contributed by atoms with Crippen molar-refractivity contribution in [2.75, 3.05) is 0 Å². The predicted octanol–water partition coefficient (Wildman–Crippen LogP) is 3.91. The van der Waals surface area contributed by atoms with Crippen LogP contribution < -0.4 is 0 Å². The first kappa shape index (κ1) is 19.1. The van der Waals surface area contributed by atoms with E-state index in [0.29, 0.717) is 0 Å². The van der Waals surface area contributed by atoms with E-state index in [-0.39, 0.29) is 17.1 Å². The fraction of sp³-hybridized carbons (Fsp3) is 0.111. The van der Waals surface area contributed by atoms with Crippen LogP contribution in [-0.2, 0) is 17.1 Å². The molecule has 3 heteroatoms. The van der Waals surface area contributed by atoms with E-state index in [0.717, 1.165) is 11.2 Å². The van der Waals surface area contributed by atoms with E-state index in [1.165, 1.54) is 4.90 Å². The number of hydrogen-bond acceptors (Lipinski definition) is 2. The zero-order chi connectivity index (χ0) is 14.2. The maximum atomic E-state index is 9.56. The number of hydrogen-bond donors (Lipinski definition) is 1. The van der Waals surface area contributed by atoms with Crippen molar-refractivity contribution >= 4 is 11.8 Å². The van der Waals surface area contributed by atoms with Crippen LogP contribution in [0.1, 0.15) is 6.92 Å². The summed E-state index contributed by atoms with van der Waals surface area (Å²) in [6, 6.07) is 10.2. The van der Waals surface area contributed by atoms with Crippen LogP contribution in [0.15, 0.2) is 35.2 Å². The van der Waals surface area contributed by atoms with Gasteiger partial charge in [0.15, 0.2) is 0 Å². The molecular formula is C18H18FeOS+2. The van der Waals surface area contributed by atoms with Crippen molar-refractivity contribution in [1.29, 1.82) is 0 Å². The van der Waals surface area contributed by atoms with Gasteiger partial charge in [0.25, 0.3) is 0 Å². The van der Waals surface area contributed by atoms with Crippen molar-refractivity contribution in [3.8, 4) is 0 Å². The van der Waals surface area contributed by atoms with Gasteiger partial charge in [0.1, 0.15) is 0 Å². The van der Waals surface area contributed by atoms with Crippen LogP contribution in [0.25, 0.3) is 0 Å². The molecule has 10 radical (unpaired) electrons. The predicted molar refractivity (Wildman–Crippen MR) is 84.9 cm³/mol. The molecule has 1 nitrogen and oxygen atoms in total. The minimum Gasteiger partial charge on any atom is -0.393 e. The molecule has 0 saturated heterocycles. The van der Waals surface area contributed by atoms with Gasteiger partial charge in [-0.15, -0.1) is 11.8 Å². The summed E-state index contributed by atoms with van der Waals surface area (Å²) in [5, 5.41) is 10.7. The normalized spacial score (nSPS) is 20.5. The molecule has 0 unspecified atom stereocenters. The van der Waals surface area contributed by atoms with Crippen molar-refractivity contribution in [1.82, 2.24) is 0 Å². The van der Waals surface area contributed by atoms with Gasteiger partial charge in [-0.3, -0.25) is 0 Å². The smallest absolute Gasteiger partial charge is 0.393 e. The van der Waals surface area contributed by atoms with Crippen LogP contribution in [0.2, 0.25) is 0 Å². The zero-order valence-electron chi connectivity index (χ0n) is 11.8. The SMILES string of the molecule is C[C@H](O)[C]1[CH][CH][CH][C]1Sc1ccccc1.[CH]1[CH][CH][CH][CH]1.[Fe+2]. The van der Waals surface area contributed by atoms with Crippen LogP contribution in [-0.4, -0.2) is 11.2 Å². The molecule has 2 aliphatic rings. The number of aliphatic hydroxyl groups is 1. The molecule has 21 heavy (non-hydrogen) atoms. The maximum absolute atomic E-state index is 9.56. The fourth-order valence-corrected chi connectivity index (χ4v) is 2.84. The van der Waals surface area contributed by atoms with Gasteiger partial charge in [0.05, 0.1) is 6.10 Å². The standard InChI is InChI=1S/C13H13OS.C5H5.Fe/c1-10(14)12-8-5-9-13(12)15-11-6-3-2-4-7-11;1-2-4-5-3-1;/h2-10,14H,1H3;1-5H;/q;;+2/t10-;;/m0../s1. The summed E-state index contributed by atoms with van der Waals surface area (Å²) in [5.74, 6) is 1.00. The summed E-state index contributed by atoms with van der Waals surface area (Å²) in [5.41, 5.74) is 0. The summed E-state index contributed by atoms with van der Waals surface area (Å²) in [6.45, 7) is 1.80. The summed E-state index contributed by atoms with van der Waals surface area (Å²) < 4.78 is 0. The molecule has 0 bridgehead atoms. The van der Waals surface area contributed by atoms with Gasteiger partial charge < -0.3 is 5.11 Å². The second-order valence-corrected chi connectivity index (χ2v) is 5.51. The van der Waals surface area contributed by atoms with Crippen LogP contribution >= 0.6 is 11.8 Å². The van der Waals surface area contributed by atoms with E-state index >= 15 is 0 Å². The van der Waals surface area contributed by atoms with Gasteiger partial charge in [-0.1, -0.05) is 18.2 Å². The van der Waals surface area contributed by atoms with Crippen LogP contribution in [0.5, 0.6) is 0 Å². The summed E-state index contributed by atoms with van der Waals surface area (Å²) in [7, 11) is 0. The molecule has 0 amide bonds. The first-order valence-corrected chi connectivity index (χ1v) is 7.42. The molecule has 1 atom stereocenters. The zero-order valence-corrected chi connectivity index (χ0v) is 13.7. The molecule has 2 fully saturated rings. The Kier molecular flexibility index (Phi) is 9.75. The third-order valence-corrected chi connectivity index (χ3v) is 3.88. The van der Waals surface area contributed by atoms with Gasteiger partial charge in [-0.05, 0) is 70.4 Å². The number of aliphatic hydroxyl groups excluding tert-OH is 1. The largest absolute Gasteiger partial charge is 2.00 e. The molecular weight excluding hydrogens is 320 g/mol. The Morgan fingerprint density at radius 2 is 1.43 bits per heavy atom. The van der Waals surface area contributed by atoms with Gasteiger partial charge in [-0.2, -0.15) is 0 Å². The van der Waals surface area contributed by atoms with Crippen LogP contribution in [0.3, 0.4) is 0 Å². The van der Waals surface area contributed by atoms with Crippen LogP contribution in [0, 0.1) is 62.5 Å². The van der Waals surface area contributed by atoms with Crippen LogP contribution in [0.4, 0.5) is 0 Å². The molecule has 108 valence electrons. The molecule has 1 aromatic rings. The second kappa shape index (κ2) is 10.7. The van der Waals surface area contributed by atoms with Gasteiger partial charge >= 0.3 is 17.1 Å². The van der Waals surface area contributed by atoms with E-state index in [1.54, 1.807) is 18.7 Å². The Hall–Kier alpha value is 0.0495. The van der Waals surface area contributed by atoms with Gasteiger partial charge in [0.2, 0.25) is 0 Å². The fourth-order valence-electron chi connectivity index (χ4n) is 1.79. The van der Waals surface area contributed by atoms with Gasteiger partial charge in [0, 0.05) is 16.1 Å². The molecule has 0 heterocycles. The van der Waals surface area contributed by atoms with Crippen molar-refractivity contribution in [2.24, 2.45) is 0 Å². The topological polar surface area (TPSA) is 20.2 Å². The third kappa shape index (κ3) is 6.78. The summed E-state index contributed by atoms with van der Waals surface area (Å²) >= 11 is 1.69. The van der Waals surface area contributed by atoms with Crippen molar-refractivity contribution < 1.29 is 22.2 Å². The number of benzene rings is 1. The average molecular weight is 338 g/mol. The number of thioether (sulfide) groups is 1. The molecule has 1 N–H and O–H groups in total. The Morgan fingerprint density at radius 3 is 1.95 bits per heavy atom. The second-order valence-electron chi connectivity index (χ2n) is 4.40. The first-order chi connectivity index (χ1) is 9.77. The quantitative estimate of drug-likeness (QED) is 0.844. The van der Waals surface area contributed by atoms with E-state index in [4.69, 9.17) is 0 Å². The minimum absolute atomic E-state index is 0. The Labute approximate surface area is 144 Å². The third-order valence-electron chi connectivity index (χ3n) is 2.78. The molecule has 2 aliphatic carbocycles. The molecule has 2 saturated carbocycles. The van der Waals surface area contributed by atoms with E-state index in [1.807, 2.05) is 69.6 Å². The van der Waals surface area contributed by atoms with E-state index in [2.05, 4.69) is 12.1 Å². The molecule has 0 aliphatic heterocycles. The van der Waals surface area contributed by atoms with E-state index < -0.39 is 6.10 Å². The number of rotatable bonds is 3. The van der Waals surface area contributed by atoms with Crippen molar-refractivity contribution in [3.63, 3.8) is 0 Å². The Balaban J connectivity index is 0.000000313. The Morgan fingerprint density at radius 1 is 0.857 bits per heavy atom. The Bertz CT molecular complexity index is 357. The molecule has 1 aromatic carbocycles.